The molecule has 0 bridgehead atoms. The fraction of sp³-hybridized carbons (Fsp3) is 0.167. The van der Waals surface area contributed by atoms with E-state index in [1.165, 1.54) is 20.3 Å². The maximum Gasteiger partial charge on any atom is 0.356 e. The van der Waals surface area contributed by atoms with Gasteiger partial charge in [0.2, 0.25) is 0 Å². The second-order valence-corrected chi connectivity index (χ2v) is 5.69. The number of fused-ring (bicyclic) bond motifs is 1. The Labute approximate surface area is 131 Å². The van der Waals surface area contributed by atoms with E-state index in [2.05, 4.69) is 41.6 Å². The van der Waals surface area contributed by atoms with Gasteiger partial charge in [0.25, 0.3) is 0 Å². The Morgan fingerprint density at radius 2 is 1.95 bits per heavy atom. The normalized spacial score (nSPS) is 10.6. The van der Waals surface area contributed by atoms with Crippen LogP contribution in [0.4, 0.5) is 0 Å². The SMILES string of the molecule is COC(=O)c1cc(Cl)c2c(OC)c(Br)cc(Br)c2n1. The summed E-state index contributed by atoms with van der Waals surface area (Å²) in [6.07, 6.45) is 0. The van der Waals surface area contributed by atoms with Crippen LogP contribution < -0.4 is 4.74 Å². The molecule has 19 heavy (non-hydrogen) atoms. The van der Waals surface area contributed by atoms with Crippen molar-refractivity contribution in [2.24, 2.45) is 0 Å². The van der Waals surface area contributed by atoms with Crippen molar-refractivity contribution in [2.45, 2.75) is 0 Å². The molecular weight excluding hydrogens is 401 g/mol. The molecule has 1 aromatic carbocycles. The van der Waals surface area contributed by atoms with Gasteiger partial charge in [0.1, 0.15) is 5.75 Å². The van der Waals surface area contributed by atoms with E-state index in [1.807, 2.05) is 0 Å². The van der Waals surface area contributed by atoms with Crippen molar-refractivity contribution in [3.63, 3.8) is 0 Å². The van der Waals surface area contributed by atoms with E-state index in [-0.39, 0.29) is 5.69 Å². The van der Waals surface area contributed by atoms with Crippen LogP contribution in [-0.2, 0) is 4.74 Å². The molecule has 2 rings (SSSR count). The van der Waals surface area contributed by atoms with Gasteiger partial charge in [0, 0.05) is 4.47 Å². The van der Waals surface area contributed by atoms with Crippen molar-refractivity contribution in [2.75, 3.05) is 14.2 Å². The Bertz CT molecular complexity index is 676. The molecule has 2 aromatic rings. The Morgan fingerprint density at radius 3 is 2.53 bits per heavy atom. The first kappa shape index (κ1) is 14.6. The highest BCUT2D eigenvalue weighted by Gasteiger charge is 2.18. The van der Waals surface area contributed by atoms with E-state index in [0.717, 1.165) is 4.47 Å². The van der Waals surface area contributed by atoms with Gasteiger partial charge in [-0.25, -0.2) is 9.78 Å². The van der Waals surface area contributed by atoms with E-state index < -0.39 is 5.97 Å². The molecule has 1 aromatic heterocycles. The van der Waals surface area contributed by atoms with E-state index >= 15 is 0 Å². The number of ether oxygens (including phenoxy) is 2. The second-order valence-electron chi connectivity index (χ2n) is 3.58. The third-order valence-electron chi connectivity index (χ3n) is 2.49. The van der Waals surface area contributed by atoms with Crippen LogP contribution >= 0.6 is 43.5 Å². The number of rotatable bonds is 2. The van der Waals surface area contributed by atoms with Crippen LogP contribution in [0.25, 0.3) is 10.9 Å². The standard InChI is InChI=1S/C12H8Br2ClNO3/c1-18-11-6(14)3-5(13)10-9(11)7(15)4-8(16-10)12(17)19-2/h3-4H,1-2H3. The smallest absolute Gasteiger partial charge is 0.356 e. The molecule has 0 radical (unpaired) electrons. The van der Waals surface area contributed by atoms with Gasteiger partial charge in [-0.05, 0) is 44.0 Å². The summed E-state index contributed by atoms with van der Waals surface area (Å²) in [5.41, 5.74) is 0.679. The number of carbonyl (C=O) groups excluding carboxylic acids is 1. The lowest BCUT2D eigenvalue weighted by molar-refractivity contribution is 0.0594. The largest absolute Gasteiger partial charge is 0.495 e. The number of carbonyl (C=O) groups is 1. The second kappa shape index (κ2) is 5.64. The summed E-state index contributed by atoms with van der Waals surface area (Å²) in [5, 5.41) is 0.988. The number of pyridine rings is 1. The zero-order chi connectivity index (χ0) is 14.2. The van der Waals surface area contributed by atoms with Gasteiger partial charge in [-0.3, -0.25) is 0 Å². The van der Waals surface area contributed by atoms with E-state index in [4.69, 9.17) is 16.3 Å². The molecule has 4 nitrogen and oxygen atoms in total. The minimum atomic E-state index is -0.544. The molecule has 7 heteroatoms. The fourth-order valence-corrected chi connectivity index (χ4v) is 3.37. The Hall–Kier alpha value is -0.850. The van der Waals surface area contributed by atoms with Crippen LogP contribution in [-0.4, -0.2) is 25.2 Å². The van der Waals surface area contributed by atoms with Crippen LogP contribution in [0.5, 0.6) is 5.75 Å². The summed E-state index contributed by atoms with van der Waals surface area (Å²) >= 11 is 13.0. The van der Waals surface area contributed by atoms with Crippen molar-refractivity contribution in [3.8, 4) is 5.75 Å². The number of esters is 1. The van der Waals surface area contributed by atoms with Gasteiger partial charge in [-0.2, -0.15) is 0 Å². The number of hydrogen-bond acceptors (Lipinski definition) is 4. The van der Waals surface area contributed by atoms with E-state index in [9.17, 15) is 4.79 Å². The molecule has 0 unspecified atom stereocenters. The summed E-state index contributed by atoms with van der Waals surface area (Å²) < 4.78 is 11.4. The molecule has 0 fully saturated rings. The number of benzene rings is 1. The lowest BCUT2D eigenvalue weighted by atomic mass is 10.2. The monoisotopic (exact) mass is 407 g/mol. The third-order valence-corrected chi connectivity index (χ3v) is 3.99. The van der Waals surface area contributed by atoms with Gasteiger partial charge in [-0.15, -0.1) is 0 Å². The summed E-state index contributed by atoms with van der Waals surface area (Å²) in [4.78, 5) is 15.8. The zero-order valence-electron chi connectivity index (χ0n) is 9.96. The molecule has 0 aliphatic heterocycles. The van der Waals surface area contributed by atoms with E-state index in [0.29, 0.717) is 26.1 Å². The zero-order valence-corrected chi connectivity index (χ0v) is 13.9. The predicted octanol–water partition coefficient (Wildman–Crippen LogP) is 4.21. The van der Waals surface area contributed by atoms with Crippen LogP contribution in [0.15, 0.2) is 21.1 Å². The maximum absolute atomic E-state index is 11.5. The molecule has 0 N–H and O–H groups in total. The van der Waals surface area contributed by atoms with Crippen LogP contribution in [0.3, 0.4) is 0 Å². The van der Waals surface area contributed by atoms with Crippen LogP contribution in [0.1, 0.15) is 10.5 Å². The molecule has 0 saturated carbocycles. The molecule has 0 spiro atoms. The van der Waals surface area contributed by atoms with Crippen molar-refractivity contribution >= 4 is 60.3 Å². The van der Waals surface area contributed by atoms with Crippen LogP contribution in [0, 0.1) is 0 Å². The number of methoxy groups -OCH3 is 2. The van der Waals surface area contributed by atoms with Crippen LogP contribution in [0.2, 0.25) is 5.02 Å². The summed E-state index contributed by atoms with van der Waals surface area (Å²) in [6.45, 7) is 0. The summed E-state index contributed by atoms with van der Waals surface area (Å²) in [7, 11) is 2.83. The number of nitrogens with zero attached hydrogens (tertiary/aromatic N) is 1. The minimum Gasteiger partial charge on any atom is -0.495 e. The molecule has 0 amide bonds. The first-order valence-corrected chi connectivity index (χ1v) is 7.06. The quantitative estimate of drug-likeness (QED) is 0.698. The topological polar surface area (TPSA) is 48.4 Å². The molecule has 0 saturated heterocycles. The molecule has 0 aliphatic rings. The fourth-order valence-electron chi connectivity index (χ4n) is 1.68. The van der Waals surface area contributed by atoms with Gasteiger partial charge >= 0.3 is 5.97 Å². The summed E-state index contributed by atoms with van der Waals surface area (Å²) in [6, 6.07) is 3.24. The molecule has 0 aliphatic carbocycles. The van der Waals surface area contributed by atoms with Crippen molar-refractivity contribution in [3.05, 3.63) is 31.8 Å². The lowest BCUT2D eigenvalue weighted by Gasteiger charge is -2.11. The maximum atomic E-state index is 11.5. The van der Waals surface area contributed by atoms with Crippen molar-refractivity contribution in [1.82, 2.24) is 4.98 Å². The highest BCUT2D eigenvalue weighted by Crippen LogP contribution is 2.41. The first-order valence-electron chi connectivity index (χ1n) is 5.10. The molecule has 0 atom stereocenters. The average molecular weight is 409 g/mol. The number of hydrogen-bond donors (Lipinski definition) is 0. The van der Waals surface area contributed by atoms with E-state index in [1.54, 1.807) is 6.07 Å². The lowest BCUT2D eigenvalue weighted by Crippen LogP contribution is -2.05. The number of halogens is 3. The molecule has 100 valence electrons. The van der Waals surface area contributed by atoms with Crippen molar-refractivity contribution < 1.29 is 14.3 Å². The average Bonchev–Trinajstić information content (AvgIpc) is 2.38. The van der Waals surface area contributed by atoms with Gasteiger partial charge < -0.3 is 9.47 Å². The Balaban J connectivity index is 2.86. The van der Waals surface area contributed by atoms with Gasteiger partial charge in [-0.1, -0.05) is 11.6 Å². The van der Waals surface area contributed by atoms with Gasteiger partial charge in [0.05, 0.1) is 34.6 Å². The van der Waals surface area contributed by atoms with Crippen molar-refractivity contribution in [1.29, 1.82) is 0 Å². The van der Waals surface area contributed by atoms with Gasteiger partial charge in [0.15, 0.2) is 5.69 Å². The Morgan fingerprint density at radius 1 is 1.26 bits per heavy atom. The minimum absolute atomic E-state index is 0.144. The molecule has 1 heterocycles. The molecular formula is C12H8Br2ClNO3. The highest BCUT2D eigenvalue weighted by molar-refractivity contribution is 9.11. The first-order chi connectivity index (χ1) is 8.99. The third kappa shape index (κ3) is 2.57. The Kier molecular flexibility index (Phi) is 4.32. The number of aromatic nitrogens is 1. The summed E-state index contributed by atoms with van der Waals surface area (Å²) in [5.74, 6) is 0.0182. The highest BCUT2D eigenvalue weighted by atomic mass is 79.9. The predicted molar refractivity (Wildman–Crippen MR) is 80.0 cm³/mol.